The van der Waals surface area contributed by atoms with Crippen LogP contribution >= 0.6 is 0 Å². The van der Waals surface area contributed by atoms with Gasteiger partial charge in [0.05, 0.1) is 23.1 Å². The van der Waals surface area contributed by atoms with Gasteiger partial charge < -0.3 is 19.3 Å². The molecule has 0 aliphatic carbocycles. The van der Waals surface area contributed by atoms with E-state index in [1.807, 2.05) is 0 Å². The molecular weight excluding hydrogens is 408 g/mol. The molecule has 6 nitrogen and oxygen atoms in total. The third kappa shape index (κ3) is 7.22. The van der Waals surface area contributed by atoms with Gasteiger partial charge in [-0.15, -0.1) is 0 Å². The quantitative estimate of drug-likeness (QED) is 0.282. The third-order valence-corrected chi connectivity index (χ3v) is 5.72. The molecule has 1 N–H and O–H groups in total. The summed E-state index contributed by atoms with van der Waals surface area (Å²) in [5, 5.41) is 9.97. The lowest BCUT2D eigenvalue weighted by molar-refractivity contribution is -0.230. The Labute approximate surface area is 192 Å². The highest BCUT2D eigenvalue weighted by Crippen LogP contribution is 2.40. The van der Waals surface area contributed by atoms with Crippen LogP contribution in [0.2, 0.25) is 0 Å². The number of esters is 2. The molecule has 0 spiro atoms. The number of unbranched alkanes of at least 4 members (excludes halogenated alkanes) is 9. The SMILES string of the molecule is CCCCCCCCCCCCOc1ccc2c(c1)[C@@](CO)(OC(=O)C(C)(C)C)OC2=O. The number of hydrogen-bond acceptors (Lipinski definition) is 6. The fraction of sp³-hybridized carbons (Fsp3) is 0.692. The van der Waals surface area contributed by atoms with Crippen LogP contribution in [0.15, 0.2) is 18.2 Å². The second-order valence-corrected chi connectivity index (χ2v) is 9.68. The van der Waals surface area contributed by atoms with Crippen LogP contribution in [0.1, 0.15) is 108 Å². The molecule has 0 fully saturated rings. The molecular formula is C26H40O6. The highest BCUT2D eigenvalue weighted by molar-refractivity contribution is 5.95. The summed E-state index contributed by atoms with van der Waals surface area (Å²) in [6.45, 7) is 7.24. The van der Waals surface area contributed by atoms with E-state index in [0.717, 1.165) is 12.8 Å². The fourth-order valence-corrected chi connectivity index (χ4v) is 3.67. The molecule has 1 atom stereocenters. The number of aliphatic hydroxyl groups is 1. The molecule has 1 heterocycles. The summed E-state index contributed by atoms with van der Waals surface area (Å²) in [4.78, 5) is 24.7. The zero-order chi connectivity index (χ0) is 23.6. The lowest BCUT2D eigenvalue weighted by Crippen LogP contribution is -2.40. The average molecular weight is 449 g/mol. The lowest BCUT2D eigenvalue weighted by Gasteiger charge is -2.29. The summed E-state index contributed by atoms with van der Waals surface area (Å²) in [5.74, 6) is -2.46. The summed E-state index contributed by atoms with van der Waals surface area (Å²) in [6.07, 6.45) is 12.5. The van der Waals surface area contributed by atoms with Crippen molar-refractivity contribution in [2.45, 2.75) is 97.7 Å². The number of benzene rings is 1. The van der Waals surface area contributed by atoms with Crippen molar-refractivity contribution in [3.8, 4) is 5.75 Å². The summed E-state index contributed by atoms with van der Waals surface area (Å²) in [6, 6.07) is 4.92. The van der Waals surface area contributed by atoms with E-state index in [-0.39, 0.29) is 5.56 Å². The Morgan fingerprint density at radius 1 is 1.00 bits per heavy atom. The van der Waals surface area contributed by atoms with Gasteiger partial charge in [0, 0.05) is 0 Å². The maximum Gasteiger partial charge on any atom is 0.342 e. The first-order valence-electron chi connectivity index (χ1n) is 12.1. The number of carbonyl (C=O) groups is 2. The van der Waals surface area contributed by atoms with Gasteiger partial charge in [0.25, 0.3) is 0 Å². The fourth-order valence-electron chi connectivity index (χ4n) is 3.67. The lowest BCUT2D eigenvalue weighted by atomic mass is 9.96. The van der Waals surface area contributed by atoms with E-state index in [2.05, 4.69) is 6.92 Å². The van der Waals surface area contributed by atoms with Crippen molar-refractivity contribution in [1.82, 2.24) is 0 Å². The number of carbonyl (C=O) groups excluding carboxylic acids is 2. The molecule has 1 aromatic rings. The molecule has 6 heteroatoms. The van der Waals surface area contributed by atoms with Crippen LogP contribution in [0, 0.1) is 5.41 Å². The Hall–Kier alpha value is -2.08. The van der Waals surface area contributed by atoms with Crippen LogP contribution in [0.5, 0.6) is 5.75 Å². The molecule has 0 bridgehead atoms. The molecule has 1 aliphatic rings. The van der Waals surface area contributed by atoms with E-state index < -0.39 is 29.7 Å². The predicted octanol–water partition coefficient (Wildman–Crippen LogP) is 5.89. The highest BCUT2D eigenvalue weighted by Gasteiger charge is 2.50. The van der Waals surface area contributed by atoms with Crippen LogP contribution in [-0.2, 0) is 20.1 Å². The van der Waals surface area contributed by atoms with Crippen molar-refractivity contribution < 1.29 is 28.9 Å². The summed E-state index contributed by atoms with van der Waals surface area (Å²) in [5.41, 5.74) is -0.212. The summed E-state index contributed by atoms with van der Waals surface area (Å²) >= 11 is 0. The topological polar surface area (TPSA) is 82.1 Å². The van der Waals surface area contributed by atoms with E-state index in [0.29, 0.717) is 17.9 Å². The predicted molar refractivity (Wildman–Crippen MR) is 124 cm³/mol. The van der Waals surface area contributed by atoms with E-state index >= 15 is 0 Å². The Morgan fingerprint density at radius 3 is 2.16 bits per heavy atom. The maximum absolute atomic E-state index is 12.4. The molecule has 1 aromatic carbocycles. The van der Waals surface area contributed by atoms with E-state index in [4.69, 9.17) is 14.2 Å². The van der Waals surface area contributed by atoms with Crippen LogP contribution in [0.25, 0.3) is 0 Å². The minimum Gasteiger partial charge on any atom is -0.494 e. The highest BCUT2D eigenvalue weighted by atomic mass is 16.7. The van der Waals surface area contributed by atoms with E-state index in [1.165, 1.54) is 51.4 Å². The van der Waals surface area contributed by atoms with Gasteiger partial charge in [-0.05, 0) is 45.4 Å². The number of rotatable bonds is 14. The molecule has 0 radical (unpaired) electrons. The second kappa shape index (κ2) is 12.2. The summed E-state index contributed by atoms with van der Waals surface area (Å²) < 4.78 is 16.7. The summed E-state index contributed by atoms with van der Waals surface area (Å²) in [7, 11) is 0. The van der Waals surface area contributed by atoms with Crippen LogP contribution in [0.3, 0.4) is 0 Å². The van der Waals surface area contributed by atoms with Crippen LogP contribution in [0.4, 0.5) is 0 Å². The molecule has 1 aliphatic heterocycles. The van der Waals surface area contributed by atoms with Gasteiger partial charge in [-0.3, -0.25) is 4.79 Å². The number of fused-ring (bicyclic) bond motifs is 1. The van der Waals surface area contributed by atoms with Crippen LogP contribution < -0.4 is 4.74 Å². The van der Waals surface area contributed by atoms with Gasteiger partial charge >= 0.3 is 17.7 Å². The van der Waals surface area contributed by atoms with Gasteiger partial charge in [0.1, 0.15) is 12.4 Å². The van der Waals surface area contributed by atoms with Gasteiger partial charge in [-0.2, -0.15) is 0 Å². The van der Waals surface area contributed by atoms with Crippen molar-refractivity contribution in [2.75, 3.05) is 13.2 Å². The van der Waals surface area contributed by atoms with Gasteiger partial charge in [-0.25, -0.2) is 4.79 Å². The van der Waals surface area contributed by atoms with Crippen molar-refractivity contribution in [3.05, 3.63) is 29.3 Å². The molecule has 2 rings (SSSR count). The Balaban J connectivity index is 1.84. The Kier molecular flexibility index (Phi) is 10.0. The first-order valence-corrected chi connectivity index (χ1v) is 12.1. The minimum atomic E-state index is -1.83. The number of ether oxygens (including phenoxy) is 3. The molecule has 32 heavy (non-hydrogen) atoms. The van der Waals surface area contributed by atoms with Crippen LogP contribution in [-0.4, -0.2) is 30.3 Å². The number of cyclic esters (lactones) is 1. The minimum absolute atomic E-state index is 0.270. The standard InChI is InChI=1S/C26H40O6/c1-5-6-7-8-9-10-11-12-13-14-17-30-20-15-16-21-22(18-20)26(19-27,31-23(21)28)32-24(29)25(2,3)4/h15-16,18,27H,5-14,17,19H2,1-4H3/t26-/m1/s1. The zero-order valence-corrected chi connectivity index (χ0v) is 20.2. The molecule has 0 saturated heterocycles. The van der Waals surface area contributed by atoms with Crippen molar-refractivity contribution in [1.29, 1.82) is 0 Å². The Morgan fingerprint density at radius 2 is 1.59 bits per heavy atom. The number of hydrogen-bond donors (Lipinski definition) is 1. The molecule has 0 unspecified atom stereocenters. The van der Waals surface area contributed by atoms with Crippen molar-refractivity contribution in [2.24, 2.45) is 5.41 Å². The first-order chi connectivity index (χ1) is 15.2. The maximum atomic E-state index is 12.4. The molecule has 180 valence electrons. The van der Waals surface area contributed by atoms with Crippen molar-refractivity contribution in [3.63, 3.8) is 0 Å². The zero-order valence-electron chi connectivity index (χ0n) is 20.2. The van der Waals surface area contributed by atoms with E-state index in [1.54, 1.807) is 39.0 Å². The molecule has 0 amide bonds. The first kappa shape index (κ1) is 26.2. The normalized spacial score (nSPS) is 17.7. The molecule has 0 saturated carbocycles. The largest absolute Gasteiger partial charge is 0.494 e. The monoisotopic (exact) mass is 448 g/mol. The van der Waals surface area contributed by atoms with Crippen molar-refractivity contribution >= 4 is 11.9 Å². The second-order valence-electron chi connectivity index (χ2n) is 9.68. The Bertz CT molecular complexity index is 751. The smallest absolute Gasteiger partial charge is 0.342 e. The third-order valence-electron chi connectivity index (χ3n) is 5.72. The van der Waals surface area contributed by atoms with Gasteiger partial charge in [0.15, 0.2) is 0 Å². The van der Waals surface area contributed by atoms with Gasteiger partial charge in [0.2, 0.25) is 0 Å². The van der Waals surface area contributed by atoms with Gasteiger partial charge in [-0.1, -0.05) is 64.7 Å². The average Bonchev–Trinajstić information content (AvgIpc) is 3.02. The van der Waals surface area contributed by atoms with E-state index in [9.17, 15) is 14.7 Å². The number of aliphatic hydroxyl groups excluding tert-OH is 1. The molecule has 0 aromatic heterocycles.